The van der Waals surface area contributed by atoms with Gasteiger partial charge in [0.15, 0.2) is 0 Å². The van der Waals surface area contributed by atoms with Crippen LogP contribution in [0.5, 0.6) is 0 Å². The fourth-order valence-corrected chi connectivity index (χ4v) is 2.15. The molecule has 1 amide bonds. The Morgan fingerprint density at radius 3 is 2.35 bits per heavy atom. The highest BCUT2D eigenvalue weighted by atomic mass is 16.6. The van der Waals surface area contributed by atoms with E-state index in [-0.39, 0.29) is 25.3 Å². The predicted molar refractivity (Wildman–Crippen MR) is 69.1 cm³/mol. The number of aliphatic carboxylic acids is 1. The molecule has 1 aliphatic heterocycles. The van der Waals surface area contributed by atoms with E-state index in [2.05, 4.69) is 4.74 Å². The molecular weight excluding hydrogens is 266 g/mol. The van der Waals surface area contributed by atoms with Gasteiger partial charge in [-0.1, -0.05) is 0 Å². The summed E-state index contributed by atoms with van der Waals surface area (Å²) in [6.45, 7) is 5.31. The van der Waals surface area contributed by atoms with Crippen LogP contribution in [-0.4, -0.2) is 53.3 Å². The lowest BCUT2D eigenvalue weighted by Gasteiger charge is -2.26. The number of carboxylic acids is 1. The summed E-state index contributed by atoms with van der Waals surface area (Å²) in [4.78, 5) is 35.6. The molecule has 7 heteroatoms. The largest absolute Gasteiger partial charge is 0.480 e. The van der Waals surface area contributed by atoms with E-state index in [9.17, 15) is 19.5 Å². The van der Waals surface area contributed by atoms with E-state index in [1.54, 1.807) is 20.8 Å². The first-order chi connectivity index (χ1) is 9.14. The minimum atomic E-state index is -1.09. The third-order valence-corrected chi connectivity index (χ3v) is 2.98. The van der Waals surface area contributed by atoms with Crippen molar-refractivity contribution in [1.82, 2.24) is 4.90 Å². The molecule has 0 bridgehead atoms. The average molecular weight is 287 g/mol. The van der Waals surface area contributed by atoms with E-state index in [0.717, 1.165) is 0 Å². The SMILES string of the molecule is COC(=O)C[C@@H]1C[C@@H](C(=O)O)N(C(=O)OC(C)(C)C)C1. The predicted octanol–water partition coefficient (Wildman–Crippen LogP) is 1.26. The summed E-state index contributed by atoms with van der Waals surface area (Å²) in [7, 11) is 1.28. The molecule has 0 saturated carbocycles. The van der Waals surface area contributed by atoms with Gasteiger partial charge in [0.25, 0.3) is 0 Å². The normalized spacial score (nSPS) is 22.5. The smallest absolute Gasteiger partial charge is 0.411 e. The number of carboxylic acid groups (broad SMARTS) is 1. The van der Waals surface area contributed by atoms with Crippen LogP contribution in [0.4, 0.5) is 4.79 Å². The minimum absolute atomic E-state index is 0.0968. The molecule has 1 saturated heterocycles. The number of hydrogen-bond acceptors (Lipinski definition) is 5. The lowest BCUT2D eigenvalue weighted by Crippen LogP contribution is -2.43. The molecule has 0 aromatic heterocycles. The quantitative estimate of drug-likeness (QED) is 0.785. The topological polar surface area (TPSA) is 93.1 Å². The Morgan fingerprint density at radius 1 is 1.30 bits per heavy atom. The van der Waals surface area contributed by atoms with Gasteiger partial charge >= 0.3 is 18.0 Å². The number of rotatable bonds is 3. The highest BCUT2D eigenvalue weighted by Crippen LogP contribution is 2.28. The summed E-state index contributed by atoms with van der Waals surface area (Å²) in [5.74, 6) is -1.73. The van der Waals surface area contributed by atoms with Crippen LogP contribution in [0, 0.1) is 5.92 Å². The average Bonchev–Trinajstić information content (AvgIpc) is 2.70. The highest BCUT2D eigenvalue weighted by molar-refractivity contribution is 5.81. The third kappa shape index (κ3) is 4.40. The number of hydrogen-bond donors (Lipinski definition) is 1. The molecule has 0 aliphatic carbocycles. The van der Waals surface area contributed by atoms with E-state index in [1.165, 1.54) is 12.0 Å². The lowest BCUT2D eigenvalue weighted by atomic mass is 10.0. The summed E-state index contributed by atoms with van der Waals surface area (Å²) in [6, 6.07) is -0.959. The Labute approximate surface area is 117 Å². The molecule has 2 atom stereocenters. The van der Waals surface area contributed by atoms with Crippen molar-refractivity contribution in [2.45, 2.75) is 45.3 Å². The molecule has 7 nitrogen and oxygen atoms in total. The van der Waals surface area contributed by atoms with Gasteiger partial charge in [-0.05, 0) is 33.1 Å². The first-order valence-electron chi connectivity index (χ1n) is 6.43. The summed E-state index contributed by atoms with van der Waals surface area (Å²) in [5, 5.41) is 9.17. The Bertz CT molecular complexity index is 400. The fraction of sp³-hybridized carbons (Fsp3) is 0.769. The number of esters is 1. The van der Waals surface area contributed by atoms with E-state index >= 15 is 0 Å². The van der Waals surface area contributed by atoms with Crippen molar-refractivity contribution in [2.24, 2.45) is 5.92 Å². The summed E-state index contributed by atoms with van der Waals surface area (Å²) in [6.07, 6.45) is -0.347. The van der Waals surface area contributed by atoms with Gasteiger partial charge in [-0.3, -0.25) is 9.69 Å². The molecule has 0 radical (unpaired) electrons. The number of amides is 1. The van der Waals surface area contributed by atoms with Gasteiger partial charge in [-0.15, -0.1) is 0 Å². The number of carbonyl (C=O) groups is 3. The lowest BCUT2D eigenvalue weighted by molar-refractivity contribution is -0.143. The zero-order valence-electron chi connectivity index (χ0n) is 12.2. The molecule has 1 N–H and O–H groups in total. The fourth-order valence-electron chi connectivity index (χ4n) is 2.15. The molecule has 0 unspecified atom stereocenters. The van der Waals surface area contributed by atoms with E-state index in [1.807, 2.05) is 0 Å². The van der Waals surface area contributed by atoms with Gasteiger partial charge in [0.2, 0.25) is 0 Å². The Balaban J connectivity index is 2.75. The Morgan fingerprint density at radius 2 is 1.90 bits per heavy atom. The van der Waals surface area contributed by atoms with Crippen LogP contribution >= 0.6 is 0 Å². The van der Waals surface area contributed by atoms with Crippen LogP contribution in [-0.2, 0) is 19.1 Å². The maximum absolute atomic E-state index is 12.0. The zero-order chi connectivity index (χ0) is 15.5. The minimum Gasteiger partial charge on any atom is -0.480 e. The molecule has 1 aliphatic rings. The van der Waals surface area contributed by atoms with Gasteiger partial charge in [-0.25, -0.2) is 9.59 Å². The Hall–Kier alpha value is -1.79. The molecule has 20 heavy (non-hydrogen) atoms. The highest BCUT2D eigenvalue weighted by Gasteiger charge is 2.42. The van der Waals surface area contributed by atoms with Gasteiger partial charge in [0.1, 0.15) is 11.6 Å². The van der Waals surface area contributed by atoms with Crippen molar-refractivity contribution in [3.8, 4) is 0 Å². The molecule has 0 aromatic carbocycles. The molecule has 1 rings (SSSR count). The molecular formula is C13H21NO6. The van der Waals surface area contributed by atoms with Gasteiger partial charge in [0.05, 0.1) is 13.5 Å². The number of carbonyl (C=O) groups excluding carboxylic acids is 2. The maximum Gasteiger partial charge on any atom is 0.411 e. The van der Waals surface area contributed by atoms with Crippen molar-refractivity contribution < 1.29 is 29.0 Å². The van der Waals surface area contributed by atoms with Crippen LogP contribution < -0.4 is 0 Å². The zero-order valence-corrected chi connectivity index (χ0v) is 12.2. The second kappa shape index (κ2) is 6.11. The second-order valence-electron chi connectivity index (χ2n) is 5.87. The molecule has 1 heterocycles. The number of likely N-dealkylation sites (tertiary alicyclic amines) is 1. The van der Waals surface area contributed by atoms with Crippen molar-refractivity contribution >= 4 is 18.0 Å². The summed E-state index contributed by atoms with van der Waals surface area (Å²) in [5.41, 5.74) is -0.694. The van der Waals surface area contributed by atoms with Crippen molar-refractivity contribution in [3.05, 3.63) is 0 Å². The van der Waals surface area contributed by atoms with E-state index in [4.69, 9.17) is 4.74 Å². The Kier molecular flexibility index (Phi) is 4.97. The van der Waals surface area contributed by atoms with E-state index < -0.39 is 29.7 Å². The molecule has 0 spiro atoms. The van der Waals surface area contributed by atoms with Crippen molar-refractivity contribution in [1.29, 1.82) is 0 Å². The summed E-state index contributed by atoms with van der Waals surface area (Å²) >= 11 is 0. The van der Waals surface area contributed by atoms with Crippen LogP contribution in [0.2, 0.25) is 0 Å². The first kappa shape index (κ1) is 16.3. The third-order valence-electron chi connectivity index (χ3n) is 2.98. The maximum atomic E-state index is 12.0. The van der Waals surface area contributed by atoms with Crippen molar-refractivity contribution in [3.63, 3.8) is 0 Å². The monoisotopic (exact) mass is 287 g/mol. The summed E-state index contributed by atoms with van der Waals surface area (Å²) < 4.78 is 9.75. The molecule has 0 aromatic rings. The number of nitrogens with zero attached hydrogens (tertiary/aromatic N) is 1. The molecule has 1 fully saturated rings. The number of ether oxygens (including phenoxy) is 2. The van der Waals surface area contributed by atoms with Crippen LogP contribution in [0.25, 0.3) is 0 Å². The van der Waals surface area contributed by atoms with Crippen molar-refractivity contribution in [2.75, 3.05) is 13.7 Å². The second-order valence-corrected chi connectivity index (χ2v) is 5.87. The van der Waals surface area contributed by atoms with Gasteiger partial charge in [0, 0.05) is 6.54 Å². The van der Waals surface area contributed by atoms with E-state index in [0.29, 0.717) is 0 Å². The van der Waals surface area contributed by atoms with Gasteiger partial charge in [-0.2, -0.15) is 0 Å². The number of methoxy groups -OCH3 is 1. The van der Waals surface area contributed by atoms with Gasteiger partial charge < -0.3 is 14.6 Å². The molecule has 114 valence electrons. The van der Waals surface area contributed by atoms with Crippen LogP contribution in [0.3, 0.4) is 0 Å². The first-order valence-corrected chi connectivity index (χ1v) is 6.43. The van der Waals surface area contributed by atoms with Crippen LogP contribution in [0.15, 0.2) is 0 Å². The standard InChI is InChI=1S/C13H21NO6/c1-13(2,3)20-12(18)14-7-8(6-10(15)19-4)5-9(14)11(16)17/h8-9H,5-7H2,1-4H3,(H,16,17)/t8-,9-/m0/s1. The van der Waals surface area contributed by atoms with Crippen LogP contribution in [0.1, 0.15) is 33.6 Å².